The zero-order valence-electron chi connectivity index (χ0n) is 17.7. The number of hydrogen-bond donors (Lipinski definition) is 0. The van der Waals surface area contributed by atoms with E-state index in [-0.39, 0.29) is 0 Å². The normalized spacial score (nSPS) is 15.4. The van der Waals surface area contributed by atoms with Gasteiger partial charge in [0.05, 0.1) is 0 Å². The Morgan fingerprint density at radius 1 is 0.655 bits per heavy atom. The molecule has 0 spiro atoms. The third-order valence-corrected chi connectivity index (χ3v) is 14.5. The topological polar surface area (TPSA) is 18.5 Å². The molecule has 0 amide bonds. The van der Waals surface area contributed by atoms with Crippen LogP contribution in [-0.4, -0.2) is 0 Å². The molecular formula is C26H28O2Zr. The van der Waals surface area contributed by atoms with Gasteiger partial charge in [-0.25, -0.2) is 0 Å². The first-order valence-electron chi connectivity index (χ1n) is 10.2. The van der Waals surface area contributed by atoms with E-state index in [0.29, 0.717) is 0 Å². The molecule has 0 heterocycles. The SMILES string of the molecule is Cc1cccc([O][Zr]([O]c2cccc(C)c2C)([C]2=CC=CC2)[C]2=CC=CC2)c1C. The summed E-state index contributed by atoms with van der Waals surface area (Å²) >= 11 is -3.92. The molecule has 2 aliphatic carbocycles. The molecule has 0 unspecified atom stereocenters. The molecule has 0 bridgehead atoms. The van der Waals surface area contributed by atoms with Crippen molar-refractivity contribution in [3.05, 3.63) is 102 Å². The summed E-state index contributed by atoms with van der Waals surface area (Å²) in [6.07, 6.45) is 15.0. The van der Waals surface area contributed by atoms with Crippen LogP contribution in [0.2, 0.25) is 0 Å². The first-order valence-corrected chi connectivity index (χ1v) is 14.7. The molecule has 2 aliphatic rings. The van der Waals surface area contributed by atoms with Crippen molar-refractivity contribution in [1.29, 1.82) is 0 Å². The maximum atomic E-state index is 7.05. The zero-order valence-corrected chi connectivity index (χ0v) is 20.1. The summed E-state index contributed by atoms with van der Waals surface area (Å²) < 4.78 is 16.8. The van der Waals surface area contributed by atoms with E-state index in [2.05, 4.69) is 101 Å². The van der Waals surface area contributed by atoms with Crippen molar-refractivity contribution >= 4 is 0 Å². The van der Waals surface area contributed by atoms with Gasteiger partial charge in [0.25, 0.3) is 0 Å². The van der Waals surface area contributed by atoms with Crippen LogP contribution in [0.25, 0.3) is 0 Å². The summed E-state index contributed by atoms with van der Waals surface area (Å²) in [5.41, 5.74) is 4.87. The fraction of sp³-hybridized carbons (Fsp3) is 0.231. The maximum absolute atomic E-state index is 7.05. The molecule has 0 aliphatic heterocycles. The van der Waals surface area contributed by atoms with Crippen LogP contribution < -0.4 is 5.63 Å². The Bertz CT molecular complexity index is 971. The van der Waals surface area contributed by atoms with Gasteiger partial charge in [0, 0.05) is 0 Å². The fourth-order valence-electron chi connectivity index (χ4n) is 3.85. The van der Waals surface area contributed by atoms with Crippen molar-refractivity contribution < 1.29 is 26.8 Å². The number of aryl methyl sites for hydroxylation is 2. The van der Waals surface area contributed by atoms with Crippen LogP contribution in [0.1, 0.15) is 35.1 Å². The van der Waals surface area contributed by atoms with Gasteiger partial charge in [-0.3, -0.25) is 0 Å². The van der Waals surface area contributed by atoms with Crippen LogP contribution in [-0.2, 0) is 21.1 Å². The molecule has 29 heavy (non-hydrogen) atoms. The minimum absolute atomic E-state index is 0.906. The van der Waals surface area contributed by atoms with Gasteiger partial charge in [-0.2, -0.15) is 0 Å². The van der Waals surface area contributed by atoms with Crippen molar-refractivity contribution in [2.45, 2.75) is 40.5 Å². The van der Waals surface area contributed by atoms with Gasteiger partial charge in [0.15, 0.2) is 0 Å². The van der Waals surface area contributed by atoms with Gasteiger partial charge in [0.1, 0.15) is 0 Å². The van der Waals surface area contributed by atoms with E-state index in [1.165, 1.54) is 28.8 Å². The van der Waals surface area contributed by atoms with Crippen LogP contribution in [0.5, 0.6) is 11.5 Å². The molecule has 0 aromatic heterocycles. The summed E-state index contributed by atoms with van der Waals surface area (Å²) in [4.78, 5) is 0. The van der Waals surface area contributed by atoms with Gasteiger partial charge in [-0.1, -0.05) is 0 Å². The molecule has 2 aromatic rings. The molecule has 0 atom stereocenters. The first kappa shape index (κ1) is 20.2. The Hall–Kier alpha value is -2.12. The summed E-state index contributed by atoms with van der Waals surface area (Å²) in [5.74, 6) is 1.90. The zero-order chi connectivity index (χ0) is 20.4. The van der Waals surface area contributed by atoms with E-state index in [9.17, 15) is 0 Å². The predicted octanol–water partition coefficient (Wildman–Crippen LogP) is 7.05. The first-order chi connectivity index (χ1) is 14.0. The Balaban J connectivity index is 1.86. The second-order valence-electron chi connectivity index (χ2n) is 7.87. The van der Waals surface area contributed by atoms with E-state index in [1.807, 2.05) is 0 Å². The van der Waals surface area contributed by atoms with Crippen LogP contribution >= 0.6 is 0 Å². The minimum atomic E-state index is -3.92. The van der Waals surface area contributed by atoms with Gasteiger partial charge in [0.2, 0.25) is 0 Å². The van der Waals surface area contributed by atoms with E-state index in [4.69, 9.17) is 5.63 Å². The Labute approximate surface area is 179 Å². The van der Waals surface area contributed by atoms with Crippen LogP contribution in [0.15, 0.2) is 79.4 Å². The van der Waals surface area contributed by atoms with E-state index < -0.39 is 21.1 Å². The Morgan fingerprint density at radius 3 is 1.48 bits per heavy atom. The van der Waals surface area contributed by atoms with Gasteiger partial charge < -0.3 is 0 Å². The van der Waals surface area contributed by atoms with Crippen molar-refractivity contribution in [3.63, 3.8) is 0 Å². The summed E-state index contributed by atoms with van der Waals surface area (Å²) in [7, 11) is 0. The third kappa shape index (κ3) is 3.86. The van der Waals surface area contributed by atoms with Gasteiger partial charge in [-0.15, -0.1) is 0 Å². The summed E-state index contributed by atoms with van der Waals surface area (Å²) in [5, 5.41) is 0. The molecule has 0 saturated heterocycles. The van der Waals surface area contributed by atoms with Crippen molar-refractivity contribution in [2.75, 3.05) is 0 Å². The molecule has 0 radical (unpaired) electrons. The standard InChI is InChI=1S/2C8H10O.2C5H5.Zr/c2*1-6-4-3-5-8(9)7(6)2;2*1-2-4-5-3-1;/h2*3-5,9H,1-2H3;2*1-3H,4H2;/q;;;;+2/p-2. The molecule has 0 N–H and O–H groups in total. The number of hydrogen-bond acceptors (Lipinski definition) is 2. The van der Waals surface area contributed by atoms with E-state index in [0.717, 1.165) is 24.3 Å². The molecule has 2 nitrogen and oxygen atoms in total. The third-order valence-electron chi connectivity index (χ3n) is 6.01. The van der Waals surface area contributed by atoms with E-state index in [1.54, 1.807) is 0 Å². The Kier molecular flexibility index (Phi) is 5.79. The van der Waals surface area contributed by atoms with Crippen molar-refractivity contribution in [3.8, 4) is 11.5 Å². The van der Waals surface area contributed by atoms with Crippen LogP contribution in [0, 0.1) is 27.7 Å². The Morgan fingerprint density at radius 2 is 1.10 bits per heavy atom. The molecule has 0 saturated carbocycles. The second kappa shape index (κ2) is 8.32. The molecule has 2 aromatic carbocycles. The van der Waals surface area contributed by atoms with Gasteiger partial charge >= 0.3 is 180 Å². The number of allylic oxidation sites excluding steroid dienone is 8. The van der Waals surface area contributed by atoms with Crippen LogP contribution in [0.4, 0.5) is 0 Å². The average Bonchev–Trinajstić information content (AvgIpc) is 3.43. The summed E-state index contributed by atoms with van der Waals surface area (Å²) in [6, 6.07) is 12.6. The quantitative estimate of drug-likeness (QED) is 0.457. The predicted molar refractivity (Wildman–Crippen MR) is 117 cm³/mol. The monoisotopic (exact) mass is 462 g/mol. The van der Waals surface area contributed by atoms with Gasteiger partial charge in [-0.05, 0) is 0 Å². The number of benzene rings is 2. The molecule has 148 valence electrons. The average molecular weight is 464 g/mol. The summed E-state index contributed by atoms with van der Waals surface area (Å²) in [6.45, 7) is 8.55. The molecular weight excluding hydrogens is 436 g/mol. The molecule has 0 fully saturated rings. The second-order valence-corrected chi connectivity index (χ2v) is 15.1. The van der Waals surface area contributed by atoms with Crippen molar-refractivity contribution in [2.24, 2.45) is 0 Å². The van der Waals surface area contributed by atoms with Crippen LogP contribution in [0.3, 0.4) is 0 Å². The number of rotatable bonds is 6. The van der Waals surface area contributed by atoms with E-state index >= 15 is 0 Å². The fourth-order valence-corrected chi connectivity index (χ4v) is 12.3. The molecule has 4 rings (SSSR count). The molecule has 3 heteroatoms. The van der Waals surface area contributed by atoms with Crippen molar-refractivity contribution in [1.82, 2.24) is 0 Å².